The van der Waals surface area contributed by atoms with Gasteiger partial charge in [-0.1, -0.05) is 26.0 Å². The number of amides is 2. The molecule has 6 heteroatoms. The van der Waals surface area contributed by atoms with Gasteiger partial charge in [-0.05, 0) is 18.1 Å². The third kappa shape index (κ3) is 3.52. The van der Waals surface area contributed by atoms with Crippen molar-refractivity contribution in [2.75, 3.05) is 18.1 Å². The van der Waals surface area contributed by atoms with E-state index in [9.17, 15) is 9.59 Å². The van der Waals surface area contributed by atoms with Gasteiger partial charge in [0.25, 0.3) is 0 Å². The van der Waals surface area contributed by atoms with Crippen LogP contribution in [0.4, 0.5) is 5.69 Å². The van der Waals surface area contributed by atoms with Crippen molar-refractivity contribution in [2.45, 2.75) is 20.3 Å². The molecule has 3 N–H and O–H groups in total. The second kappa shape index (κ2) is 6.58. The van der Waals surface area contributed by atoms with Crippen LogP contribution in [0.2, 0.25) is 0 Å². The summed E-state index contributed by atoms with van der Waals surface area (Å²) >= 11 is 0. The van der Waals surface area contributed by atoms with E-state index in [1.54, 1.807) is 4.90 Å². The Balaban J connectivity index is 2.18. The van der Waals surface area contributed by atoms with E-state index in [-0.39, 0.29) is 18.2 Å². The molecule has 0 aliphatic carbocycles. The molecule has 0 spiro atoms. The minimum absolute atomic E-state index is 0.0933. The van der Waals surface area contributed by atoms with Gasteiger partial charge in [0.15, 0.2) is 0 Å². The highest BCUT2D eigenvalue weighted by Gasteiger charge is 2.35. The summed E-state index contributed by atoms with van der Waals surface area (Å²) in [5.41, 5.74) is 2.81. The normalized spacial score (nSPS) is 18.2. The monoisotopic (exact) mass is 291 g/mol. The van der Waals surface area contributed by atoms with Crippen molar-refractivity contribution in [3.8, 4) is 5.75 Å². The van der Waals surface area contributed by atoms with Crippen LogP contribution in [-0.4, -0.2) is 25.0 Å². The minimum Gasteiger partial charge on any atom is -0.491 e. The largest absolute Gasteiger partial charge is 0.491 e. The fourth-order valence-corrected chi connectivity index (χ4v) is 2.29. The molecule has 0 bridgehead atoms. The first-order chi connectivity index (χ1) is 10.0. The molecule has 1 saturated heterocycles. The number of carbonyl (C=O) groups is 2. The topological polar surface area (TPSA) is 84.7 Å². The average molecular weight is 291 g/mol. The molecule has 1 heterocycles. The quantitative estimate of drug-likeness (QED) is 0.483. The Morgan fingerprint density at radius 3 is 2.86 bits per heavy atom. The maximum absolute atomic E-state index is 12.1. The summed E-state index contributed by atoms with van der Waals surface area (Å²) in [4.78, 5) is 25.3. The van der Waals surface area contributed by atoms with Crippen LogP contribution in [0.15, 0.2) is 24.3 Å². The van der Waals surface area contributed by atoms with E-state index in [2.05, 4.69) is 19.3 Å². The van der Waals surface area contributed by atoms with Crippen LogP contribution in [0.1, 0.15) is 20.3 Å². The van der Waals surface area contributed by atoms with Crippen molar-refractivity contribution in [3.63, 3.8) is 0 Å². The zero-order valence-electron chi connectivity index (χ0n) is 12.3. The number of nitrogens with two attached hydrogens (primary N) is 1. The summed E-state index contributed by atoms with van der Waals surface area (Å²) in [6.45, 7) is 5.02. The van der Waals surface area contributed by atoms with Crippen LogP contribution >= 0.6 is 0 Å². The Morgan fingerprint density at radius 2 is 2.19 bits per heavy atom. The number of rotatable bonds is 5. The number of anilines is 1. The number of benzene rings is 1. The van der Waals surface area contributed by atoms with Crippen LogP contribution in [-0.2, 0) is 9.59 Å². The van der Waals surface area contributed by atoms with Crippen LogP contribution in [0, 0.1) is 11.8 Å². The van der Waals surface area contributed by atoms with Crippen molar-refractivity contribution >= 4 is 17.5 Å². The zero-order valence-corrected chi connectivity index (χ0v) is 12.3. The third-order valence-corrected chi connectivity index (χ3v) is 3.37. The Bertz CT molecular complexity index is 531. The maximum Gasteiger partial charge on any atom is 0.239 e. The lowest BCUT2D eigenvalue weighted by molar-refractivity contribution is -0.126. The molecule has 1 aliphatic heterocycles. The zero-order chi connectivity index (χ0) is 15.4. The Kier molecular flexibility index (Phi) is 4.80. The molecule has 1 aromatic rings. The molecule has 2 amide bonds. The summed E-state index contributed by atoms with van der Waals surface area (Å²) in [6.07, 6.45) is 0.168. The molecule has 0 aromatic heterocycles. The number of ether oxygens (including phenoxy) is 1. The van der Waals surface area contributed by atoms with Gasteiger partial charge in [-0.15, -0.1) is 0 Å². The van der Waals surface area contributed by atoms with E-state index in [4.69, 9.17) is 10.6 Å². The Labute approximate surface area is 124 Å². The van der Waals surface area contributed by atoms with E-state index in [1.807, 2.05) is 24.3 Å². The minimum atomic E-state index is -0.416. The Hall–Kier alpha value is -2.08. The van der Waals surface area contributed by atoms with Crippen molar-refractivity contribution < 1.29 is 14.3 Å². The smallest absolute Gasteiger partial charge is 0.239 e. The molecule has 21 heavy (non-hydrogen) atoms. The average Bonchev–Trinajstić information content (AvgIpc) is 2.86. The van der Waals surface area contributed by atoms with Crippen molar-refractivity contribution in [1.82, 2.24) is 5.43 Å². The second-order valence-electron chi connectivity index (χ2n) is 5.59. The van der Waals surface area contributed by atoms with Crippen molar-refractivity contribution in [3.05, 3.63) is 24.3 Å². The molecule has 2 rings (SSSR count). The number of nitrogens with zero attached hydrogens (tertiary/aromatic N) is 1. The van der Waals surface area contributed by atoms with Gasteiger partial charge in [-0.3, -0.25) is 15.0 Å². The molecule has 1 aliphatic rings. The first-order valence-corrected chi connectivity index (χ1v) is 7.05. The molecule has 1 aromatic carbocycles. The van der Waals surface area contributed by atoms with Gasteiger partial charge in [0.05, 0.1) is 18.2 Å². The standard InChI is InChI=1S/C15H21N3O3/c1-10(2)9-21-13-6-4-3-5-12(13)18-8-11(7-14(18)19)15(20)17-16/h3-6,10-11H,7-9,16H2,1-2H3,(H,17,20). The molecule has 114 valence electrons. The second-order valence-corrected chi connectivity index (χ2v) is 5.59. The van der Waals surface area contributed by atoms with Crippen molar-refractivity contribution in [2.24, 2.45) is 17.7 Å². The van der Waals surface area contributed by atoms with Gasteiger partial charge >= 0.3 is 0 Å². The highest BCUT2D eigenvalue weighted by molar-refractivity contribution is 6.01. The molecule has 6 nitrogen and oxygen atoms in total. The van der Waals surface area contributed by atoms with Gasteiger partial charge < -0.3 is 9.64 Å². The summed E-state index contributed by atoms with van der Waals surface area (Å²) < 4.78 is 5.76. The van der Waals surface area contributed by atoms with Crippen LogP contribution in [0.25, 0.3) is 0 Å². The molecule has 1 fully saturated rings. The molecular weight excluding hydrogens is 270 g/mol. The third-order valence-electron chi connectivity index (χ3n) is 3.37. The van der Waals surface area contributed by atoms with Crippen molar-refractivity contribution in [1.29, 1.82) is 0 Å². The highest BCUT2D eigenvalue weighted by atomic mass is 16.5. The lowest BCUT2D eigenvalue weighted by atomic mass is 10.1. The van der Waals surface area contributed by atoms with Gasteiger partial charge in [0.1, 0.15) is 5.75 Å². The van der Waals surface area contributed by atoms with Gasteiger partial charge in [0, 0.05) is 13.0 Å². The molecule has 0 radical (unpaired) electrons. The SMILES string of the molecule is CC(C)COc1ccccc1N1CC(C(=O)NN)CC1=O. The number of nitrogens with one attached hydrogen (secondary N) is 1. The number of hydrogen-bond donors (Lipinski definition) is 2. The number of carbonyl (C=O) groups excluding carboxylic acids is 2. The summed E-state index contributed by atoms with van der Waals surface area (Å²) in [5, 5.41) is 0. The first kappa shape index (κ1) is 15.3. The van der Waals surface area contributed by atoms with E-state index < -0.39 is 5.92 Å². The van der Waals surface area contributed by atoms with Gasteiger partial charge in [-0.2, -0.15) is 0 Å². The van der Waals surface area contributed by atoms with E-state index in [0.29, 0.717) is 30.5 Å². The van der Waals surface area contributed by atoms with E-state index in [0.717, 1.165) is 0 Å². The van der Waals surface area contributed by atoms with E-state index in [1.165, 1.54) is 0 Å². The first-order valence-electron chi connectivity index (χ1n) is 7.05. The lowest BCUT2D eigenvalue weighted by Crippen LogP contribution is -2.37. The summed E-state index contributed by atoms with van der Waals surface area (Å²) in [6, 6.07) is 7.38. The number of hydrogen-bond acceptors (Lipinski definition) is 4. The highest BCUT2D eigenvalue weighted by Crippen LogP contribution is 2.33. The predicted molar refractivity (Wildman–Crippen MR) is 79.6 cm³/mol. The maximum atomic E-state index is 12.1. The molecule has 0 saturated carbocycles. The van der Waals surface area contributed by atoms with Gasteiger partial charge in [-0.25, -0.2) is 5.84 Å². The Morgan fingerprint density at radius 1 is 1.48 bits per heavy atom. The number of para-hydroxylation sites is 2. The predicted octanol–water partition coefficient (Wildman–Crippen LogP) is 1.06. The van der Waals surface area contributed by atoms with E-state index >= 15 is 0 Å². The van der Waals surface area contributed by atoms with Crippen LogP contribution < -0.4 is 20.9 Å². The van der Waals surface area contributed by atoms with Crippen LogP contribution in [0.5, 0.6) is 5.75 Å². The summed E-state index contributed by atoms with van der Waals surface area (Å²) in [7, 11) is 0. The summed E-state index contributed by atoms with van der Waals surface area (Å²) in [5.74, 6) is 5.37. The van der Waals surface area contributed by atoms with Crippen LogP contribution in [0.3, 0.4) is 0 Å². The van der Waals surface area contributed by atoms with Gasteiger partial charge in [0.2, 0.25) is 11.8 Å². The molecule has 1 unspecified atom stereocenters. The molecular formula is C15H21N3O3. The molecule has 1 atom stereocenters. The fraction of sp³-hybridized carbons (Fsp3) is 0.467. The lowest BCUT2D eigenvalue weighted by Gasteiger charge is -2.20. The fourth-order valence-electron chi connectivity index (χ4n) is 2.29. The number of hydrazine groups is 1.